The van der Waals surface area contributed by atoms with Gasteiger partial charge in [0.25, 0.3) is 0 Å². The number of nitrogens with zero attached hydrogens (tertiary/aromatic N) is 2. The van der Waals surface area contributed by atoms with Crippen LogP contribution in [0.15, 0.2) is 47.6 Å². The summed E-state index contributed by atoms with van der Waals surface area (Å²) in [5, 5.41) is 4.15. The molecule has 0 amide bonds. The van der Waals surface area contributed by atoms with Crippen molar-refractivity contribution in [1.82, 2.24) is 14.5 Å². The van der Waals surface area contributed by atoms with E-state index in [0.29, 0.717) is 10.8 Å². The second-order valence-electron chi connectivity index (χ2n) is 6.60. The van der Waals surface area contributed by atoms with Crippen LogP contribution in [0.1, 0.15) is 32.1 Å². The van der Waals surface area contributed by atoms with E-state index in [-0.39, 0.29) is 6.04 Å². The number of hydrogen-bond acceptors (Lipinski definition) is 3. The Labute approximate surface area is 136 Å². The molecular weight excluding hydrogens is 310 g/mol. The normalized spacial score (nSPS) is 27.2. The number of rotatable bonds is 4. The second kappa shape index (κ2) is 5.76. The highest BCUT2D eigenvalue weighted by molar-refractivity contribution is 7.89. The summed E-state index contributed by atoms with van der Waals surface area (Å²) < 4.78 is 29.9. The zero-order chi connectivity index (χ0) is 15.9. The molecule has 0 unspecified atom stereocenters. The SMILES string of the molecule is O=S(=O)(N[C@H]1CC[C@@H]2CCC[C@@H]21)c1ccc(-n2cccn2)cc1. The smallest absolute Gasteiger partial charge is 0.240 e. The molecule has 4 rings (SSSR count). The molecule has 5 nitrogen and oxygen atoms in total. The number of benzene rings is 1. The fourth-order valence-electron chi connectivity index (χ4n) is 4.17. The van der Waals surface area contributed by atoms with E-state index in [1.54, 1.807) is 35.1 Å². The molecule has 1 aromatic heterocycles. The first-order chi connectivity index (χ1) is 11.1. The lowest BCUT2D eigenvalue weighted by Gasteiger charge is -2.20. The summed E-state index contributed by atoms with van der Waals surface area (Å²) in [5.74, 6) is 1.26. The fraction of sp³-hybridized carbons (Fsp3) is 0.471. The van der Waals surface area contributed by atoms with Crippen molar-refractivity contribution in [3.8, 4) is 5.69 Å². The van der Waals surface area contributed by atoms with Crippen LogP contribution < -0.4 is 4.72 Å². The van der Waals surface area contributed by atoms with Gasteiger partial charge < -0.3 is 0 Å². The summed E-state index contributed by atoms with van der Waals surface area (Å²) in [6, 6.07) is 8.83. The molecule has 6 heteroatoms. The van der Waals surface area contributed by atoms with Gasteiger partial charge in [-0.1, -0.05) is 12.8 Å². The molecule has 2 saturated carbocycles. The van der Waals surface area contributed by atoms with E-state index in [4.69, 9.17) is 0 Å². The molecule has 2 aromatic rings. The maximum Gasteiger partial charge on any atom is 0.240 e. The molecule has 1 heterocycles. The molecule has 0 bridgehead atoms. The standard InChI is InChI=1S/C17H21N3O2S/c21-23(22,19-17-10-5-13-3-1-4-16(13)17)15-8-6-14(7-9-15)20-12-2-11-18-20/h2,6-9,11-13,16-17,19H,1,3-5,10H2/t13-,16-,17-/m0/s1. The largest absolute Gasteiger partial charge is 0.241 e. The van der Waals surface area contributed by atoms with Crippen LogP contribution in [-0.4, -0.2) is 24.2 Å². The quantitative estimate of drug-likeness (QED) is 0.937. The summed E-state index contributed by atoms with van der Waals surface area (Å²) >= 11 is 0. The number of nitrogens with one attached hydrogen (secondary N) is 1. The first-order valence-electron chi connectivity index (χ1n) is 8.26. The second-order valence-corrected chi connectivity index (χ2v) is 8.32. The number of aromatic nitrogens is 2. The van der Waals surface area contributed by atoms with Crippen molar-refractivity contribution >= 4 is 10.0 Å². The van der Waals surface area contributed by atoms with Crippen molar-refractivity contribution in [2.24, 2.45) is 11.8 Å². The molecule has 122 valence electrons. The minimum Gasteiger partial charge on any atom is -0.241 e. The van der Waals surface area contributed by atoms with Gasteiger partial charge in [0.05, 0.1) is 10.6 Å². The third kappa shape index (κ3) is 2.81. The molecule has 0 radical (unpaired) electrons. The zero-order valence-electron chi connectivity index (χ0n) is 12.9. The van der Waals surface area contributed by atoms with Gasteiger partial charge in [-0.25, -0.2) is 17.8 Å². The molecule has 0 spiro atoms. The van der Waals surface area contributed by atoms with Crippen molar-refractivity contribution in [3.63, 3.8) is 0 Å². The van der Waals surface area contributed by atoms with Crippen molar-refractivity contribution in [3.05, 3.63) is 42.7 Å². The third-order valence-corrected chi connectivity index (χ3v) is 6.81. The summed E-state index contributed by atoms with van der Waals surface area (Å²) in [4.78, 5) is 0.329. The van der Waals surface area contributed by atoms with Crippen LogP contribution >= 0.6 is 0 Å². The van der Waals surface area contributed by atoms with E-state index in [2.05, 4.69) is 9.82 Å². The predicted octanol–water partition coefficient (Wildman–Crippen LogP) is 2.73. The van der Waals surface area contributed by atoms with Gasteiger partial charge in [-0.15, -0.1) is 0 Å². The van der Waals surface area contributed by atoms with Crippen molar-refractivity contribution in [1.29, 1.82) is 0 Å². The van der Waals surface area contributed by atoms with Gasteiger partial charge in [-0.2, -0.15) is 5.10 Å². The van der Waals surface area contributed by atoms with E-state index in [1.807, 2.05) is 12.3 Å². The average Bonchev–Trinajstić information content (AvgIpc) is 3.26. The van der Waals surface area contributed by atoms with Gasteiger partial charge >= 0.3 is 0 Å². The summed E-state index contributed by atoms with van der Waals surface area (Å²) in [5.41, 5.74) is 0.852. The number of hydrogen-bond donors (Lipinski definition) is 1. The highest BCUT2D eigenvalue weighted by atomic mass is 32.2. The molecule has 2 aliphatic carbocycles. The van der Waals surface area contributed by atoms with Crippen molar-refractivity contribution in [2.45, 2.75) is 43.0 Å². The topological polar surface area (TPSA) is 64.0 Å². The minimum absolute atomic E-state index is 0.110. The van der Waals surface area contributed by atoms with E-state index in [0.717, 1.165) is 30.9 Å². The highest BCUT2D eigenvalue weighted by Crippen LogP contribution is 2.44. The van der Waals surface area contributed by atoms with Gasteiger partial charge in [0.1, 0.15) is 0 Å². The van der Waals surface area contributed by atoms with E-state index >= 15 is 0 Å². The summed E-state index contributed by atoms with van der Waals surface area (Å²) in [6.45, 7) is 0. The van der Waals surface area contributed by atoms with Crippen LogP contribution in [0.2, 0.25) is 0 Å². The van der Waals surface area contributed by atoms with Crippen LogP contribution in [-0.2, 0) is 10.0 Å². The molecule has 1 N–H and O–H groups in total. The number of sulfonamides is 1. The maximum absolute atomic E-state index is 12.6. The molecule has 0 saturated heterocycles. The van der Waals surface area contributed by atoms with E-state index in [1.165, 1.54) is 12.8 Å². The van der Waals surface area contributed by atoms with Crippen LogP contribution in [0.25, 0.3) is 5.69 Å². The lowest BCUT2D eigenvalue weighted by molar-refractivity contribution is 0.400. The lowest BCUT2D eigenvalue weighted by atomic mass is 9.98. The van der Waals surface area contributed by atoms with Crippen molar-refractivity contribution in [2.75, 3.05) is 0 Å². The van der Waals surface area contributed by atoms with E-state index < -0.39 is 10.0 Å². The Bertz CT molecular complexity index is 769. The Kier molecular flexibility index (Phi) is 3.73. The summed E-state index contributed by atoms with van der Waals surface area (Å²) in [7, 11) is -3.45. The van der Waals surface area contributed by atoms with E-state index in [9.17, 15) is 8.42 Å². The molecule has 1 aromatic carbocycles. The first kappa shape index (κ1) is 14.9. The Morgan fingerprint density at radius 3 is 2.65 bits per heavy atom. The average molecular weight is 331 g/mol. The molecule has 2 aliphatic rings. The van der Waals surface area contributed by atoms with Crippen LogP contribution in [0.3, 0.4) is 0 Å². The third-order valence-electron chi connectivity index (χ3n) is 5.31. The van der Waals surface area contributed by atoms with Gasteiger partial charge in [-0.3, -0.25) is 0 Å². The van der Waals surface area contributed by atoms with Gasteiger partial charge in [0.15, 0.2) is 0 Å². The zero-order valence-corrected chi connectivity index (χ0v) is 13.7. The molecular formula is C17H21N3O2S. The summed E-state index contributed by atoms with van der Waals surface area (Å²) in [6.07, 6.45) is 9.34. The minimum atomic E-state index is -3.45. The Hall–Kier alpha value is -1.66. The van der Waals surface area contributed by atoms with Gasteiger partial charge in [-0.05, 0) is 61.4 Å². The Morgan fingerprint density at radius 1 is 1.09 bits per heavy atom. The monoisotopic (exact) mass is 331 g/mol. The Balaban J connectivity index is 1.52. The Morgan fingerprint density at radius 2 is 1.91 bits per heavy atom. The van der Waals surface area contributed by atoms with Crippen LogP contribution in [0.5, 0.6) is 0 Å². The van der Waals surface area contributed by atoms with Gasteiger partial charge in [0, 0.05) is 18.4 Å². The van der Waals surface area contributed by atoms with Crippen LogP contribution in [0.4, 0.5) is 0 Å². The van der Waals surface area contributed by atoms with Gasteiger partial charge in [0.2, 0.25) is 10.0 Å². The van der Waals surface area contributed by atoms with Crippen LogP contribution in [0, 0.1) is 11.8 Å². The molecule has 0 aliphatic heterocycles. The lowest BCUT2D eigenvalue weighted by Crippen LogP contribution is -2.37. The fourth-order valence-corrected chi connectivity index (χ4v) is 5.50. The predicted molar refractivity (Wildman–Crippen MR) is 87.7 cm³/mol. The number of fused-ring (bicyclic) bond motifs is 1. The maximum atomic E-state index is 12.6. The molecule has 2 fully saturated rings. The highest BCUT2D eigenvalue weighted by Gasteiger charge is 2.40. The first-order valence-corrected chi connectivity index (χ1v) is 9.74. The van der Waals surface area contributed by atoms with Crippen molar-refractivity contribution < 1.29 is 8.42 Å². The molecule has 3 atom stereocenters. The molecule has 23 heavy (non-hydrogen) atoms.